The molecule has 0 saturated carbocycles. The smallest absolute Gasteiger partial charge is 0.334 e. The molecule has 0 spiro atoms. The maximum absolute atomic E-state index is 11.5. The third-order valence-corrected chi connectivity index (χ3v) is 3.06. The number of nitrogens with zero attached hydrogens (tertiary/aromatic N) is 1. The number of amides is 1. The molecule has 2 heterocycles. The number of Topliss-reactive ketones (excluding diaryl/α,β-unsaturated/α-hetero) is 1. The summed E-state index contributed by atoms with van der Waals surface area (Å²) >= 11 is 0. The van der Waals surface area contributed by atoms with E-state index in [1.807, 2.05) is 0 Å². The van der Waals surface area contributed by atoms with Crippen molar-refractivity contribution in [2.75, 3.05) is 0 Å². The number of aliphatic hydroxyl groups excluding tert-OH is 1. The average Bonchev–Trinajstić information content (AvgIpc) is 2.38. The minimum Gasteiger partial charge on any atom is -0.479 e. The van der Waals surface area contributed by atoms with Crippen LogP contribution in [0.3, 0.4) is 0 Å². The highest BCUT2D eigenvalue weighted by Gasteiger charge is 2.60. The number of hydrogen-bond acceptors (Lipinski definition) is 4. The molecule has 4 atom stereocenters. The first-order valence-electron chi connectivity index (χ1n) is 4.71. The molecular formula is C9H11NO5. The van der Waals surface area contributed by atoms with Gasteiger partial charge in [0.15, 0.2) is 11.8 Å². The van der Waals surface area contributed by atoms with E-state index in [1.165, 1.54) is 6.92 Å². The van der Waals surface area contributed by atoms with Crippen LogP contribution >= 0.6 is 0 Å². The third kappa shape index (κ3) is 1.18. The highest BCUT2D eigenvalue weighted by atomic mass is 16.4. The number of aliphatic carboxylic acids is 1. The molecule has 0 radical (unpaired) electrons. The molecule has 82 valence electrons. The lowest BCUT2D eigenvalue weighted by Gasteiger charge is -2.44. The van der Waals surface area contributed by atoms with Crippen molar-refractivity contribution < 1.29 is 24.6 Å². The highest BCUT2D eigenvalue weighted by Crippen LogP contribution is 2.39. The predicted molar refractivity (Wildman–Crippen MR) is 46.9 cm³/mol. The number of carboxylic acids is 1. The second kappa shape index (κ2) is 3.03. The predicted octanol–water partition coefficient (Wildman–Crippen LogP) is -1.38. The fraction of sp³-hybridized carbons (Fsp3) is 0.667. The van der Waals surface area contributed by atoms with Gasteiger partial charge in [0.25, 0.3) is 0 Å². The number of aliphatic hydroxyl groups is 1. The Kier molecular flexibility index (Phi) is 2.04. The van der Waals surface area contributed by atoms with Crippen LogP contribution in [0.4, 0.5) is 0 Å². The van der Waals surface area contributed by atoms with Gasteiger partial charge in [0.2, 0.25) is 5.91 Å². The summed E-state index contributed by atoms with van der Waals surface area (Å²) in [5.41, 5.74) is 0. The number of fused-ring (bicyclic) bond motifs is 1. The van der Waals surface area contributed by atoms with E-state index in [1.54, 1.807) is 0 Å². The zero-order chi connectivity index (χ0) is 11.3. The molecule has 2 N–H and O–H groups in total. The van der Waals surface area contributed by atoms with Gasteiger partial charge in [-0.3, -0.25) is 9.59 Å². The molecule has 6 nitrogen and oxygen atoms in total. The zero-order valence-corrected chi connectivity index (χ0v) is 8.08. The number of β-lactam (4-membered cyclic amide) rings is 1. The first-order chi connectivity index (χ1) is 6.95. The van der Waals surface area contributed by atoms with E-state index in [9.17, 15) is 19.5 Å². The van der Waals surface area contributed by atoms with Crippen LogP contribution in [-0.4, -0.2) is 51.0 Å². The van der Waals surface area contributed by atoms with Gasteiger partial charge in [-0.15, -0.1) is 0 Å². The quantitative estimate of drug-likeness (QED) is 0.435. The molecule has 3 unspecified atom stereocenters. The summed E-state index contributed by atoms with van der Waals surface area (Å²) in [6.07, 6.45) is -0.794. The zero-order valence-electron chi connectivity index (χ0n) is 8.08. The number of carboxylic acid groups (broad SMARTS) is 1. The summed E-state index contributed by atoms with van der Waals surface area (Å²) in [7, 11) is 0. The van der Waals surface area contributed by atoms with Crippen LogP contribution in [0.15, 0.2) is 0 Å². The van der Waals surface area contributed by atoms with E-state index >= 15 is 0 Å². The SMILES string of the molecule is C[C@@H](O)C1C(=O)N2C(C(=O)O)C(=O)CC12. The second-order valence-electron chi connectivity index (χ2n) is 3.99. The summed E-state index contributed by atoms with van der Waals surface area (Å²) in [5, 5.41) is 18.1. The molecule has 2 fully saturated rings. The average molecular weight is 213 g/mol. The van der Waals surface area contributed by atoms with Crippen molar-refractivity contribution in [1.29, 1.82) is 0 Å². The normalized spacial score (nSPS) is 36.1. The molecule has 0 bridgehead atoms. The van der Waals surface area contributed by atoms with Crippen molar-refractivity contribution in [3.05, 3.63) is 0 Å². The molecule has 0 aliphatic carbocycles. The van der Waals surface area contributed by atoms with Crippen molar-refractivity contribution in [3.63, 3.8) is 0 Å². The van der Waals surface area contributed by atoms with Crippen LogP contribution in [0.25, 0.3) is 0 Å². The molecule has 15 heavy (non-hydrogen) atoms. The lowest BCUT2D eigenvalue weighted by atomic mass is 9.84. The van der Waals surface area contributed by atoms with Crippen molar-refractivity contribution >= 4 is 17.7 Å². The number of carbonyl (C=O) groups is 3. The topological polar surface area (TPSA) is 94.9 Å². The molecule has 2 rings (SSSR count). The van der Waals surface area contributed by atoms with Crippen molar-refractivity contribution in [2.45, 2.75) is 31.5 Å². The Morgan fingerprint density at radius 1 is 1.53 bits per heavy atom. The number of hydrogen-bond donors (Lipinski definition) is 2. The number of ketones is 1. The van der Waals surface area contributed by atoms with Crippen molar-refractivity contribution in [3.8, 4) is 0 Å². The summed E-state index contributed by atoms with van der Waals surface area (Å²) in [5.74, 6) is -2.80. The summed E-state index contributed by atoms with van der Waals surface area (Å²) in [4.78, 5) is 34.6. The Morgan fingerprint density at radius 3 is 2.60 bits per heavy atom. The van der Waals surface area contributed by atoms with Gasteiger partial charge in [-0.05, 0) is 6.92 Å². The van der Waals surface area contributed by atoms with Crippen LogP contribution < -0.4 is 0 Å². The standard InChI is InChI=1S/C9H11NO5/c1-3(11)6-4-2-5(12)7(9(14)15)10(4)8(6)13/h3-4,6-7,11H,2H2,1H3,(H,14,15)/t3-,4?,6?,7?/m1/s1. The molecular weight excluding hydrogens is 202 g/mol. The Morgan fingerprint density at radius 2 is 2.13 bits per heavy atom. The fourth-order valence-corrected chi connectivity index (χ4v) is 2.39. The Bertz CT molecular complexity index is 350. The molecule has 6 heteroatoms. The van der Waals surface area contributed by atoms with Gasteiger partial charge < -0.3 is 15.1 Å². The summed E-state index contributed by atoms with van der Waals surface area (Å²) in [6.45, 7) is 1.47. The molecule has 2 saturated heterocycles. The molecule has 2 aliphatic heterocycles. The maximum atomic E-state index is 11.5. The first kappa shape index (κ1) is 10.1. The van der Waals surface area contributed by atoms with Crippen molar-refractivity contribution in [1.82, 2.24) is 4.90 Å². The van der Waals surface area contributed by atoms with Gasteiger partial charge >= 0.3 is 5.97 Å². The van der Waals surface area contributed by atoms with Gasteiger partial charge in [-0.1, -0.05) is 0 Å². The van der Waals surface area contributed by atoms with Crippen LogP contribution in [0.5, 0.6) is 0 Å². The van der Waals surface area contributed by atoms with Gasteiger partial charge in [-0.2, -0.15) is 0 Å². The largest absolute Gasteiger partial charge is 0.479 e. The molecule has 1 amide bonds. The Balaban J connectivity index is 2.23. The van der Waals surface area contributed by atoms with E-state index in [0.717, 1.165) is 4.90 Å². The van der Waals surface area contributed by atoms with Gasteiger partial charge in [0.05, 0.1) is 18.1 Å². The van der Waals surface area contributed by atoms with Gasteiger partial charge in [0.1, 0.15) is 0 Å². The van der Waals surface area contributed by atoms with Crippen LogP contribution in [0.1, 0.15) is 13.3 Å². The van der Waals surface area contributed by atoms with E-state index < -0.39 is 41.8 Å². The minimum atomic E-state index is -1.34. The lowest BCUT2D eigenvalue weighted by Crippen LogP contribution is -2.64. The van der Waals surface area contributed by atoms with Gasteiger partial charge in [-0.25, -0.2) is 4.79 Å². The maximum Gasteiger partial charge on any atom is 0.334 e. The second-order valence-corrected chi connectivity index (χ2v) is 3.99. The Hall–Kier alpha value is -1.43. The lowest BCUT2D eigenvalue weighted by molar-refractivity contribution is -0.170. The monoisotopic (exact) mass is 213 g/mol. The van der Waals surface area contributed by atoms with Crippen LogP contribution in [0, 0.1) is 5.92 Å². The molecule has 2 aliphatic rings. The van der Waals surface area contributed by atoms with E-state index in [0.29, 0.717) is 0 Å². The van der Waals surface area contributed by atoms with E-state index in [-0.39, 0.29) is 6.42 Å². The van der Waals surface area contributed by atoms with Gasteiger partial charge in [0, 0.05) is 6.42 Å². The number of carbonyl (C=O) groups excluding carboxylic acids is 2. The van der Waals surface area contributed by atoms with Crippen LogP contribution in [0.2, 0.25) is 0 Å². The fourth-order valence-electron chi connectivity index (χ4n) is 2.39. The van der Waals surface area contributed by atoms with Crippen molar-refractivity contribution in [2.24, 2.45) is 5.92 Å². The summed E-state index contributed by atoms with van der Waals surface area (Å²) in [6, 6.07) is -1.76. The molecule has 0 aromatic rings. The minimum absolute atomic E-state index is 0.0400. The van der Waals surface area contributed by atoms with E-state index in [2.05, 4.69) is 0 Å². The highest BCUT2D eigenvalue weighted by molar-refractivity contribution is 6.10. The molecule has 0 aromatic carbocycles. The van der Waals surface area contributed by atoms with Crippen LogP contribution in [-0.2, 0) is 14.4 Å². The Labute approximate surface area is 85.5 Å². The summed E-state index contributed by atoms with van der Waals surface area (Å²) < 4.78 is 0. The molecule has 0 aromatic heterocycles. The first-order valence-corrected chi connectivity index (χ1v) is 4.71. The van der Waals surface area contributed by atoms with E-state index in [4.69, 9.17) is 5.11 Å². The number of rotatable bonds is 2. The third-order valence-electron chi connectivity index (χ3n) is 3.06.